The predicted molar refractivity (Wildman–Crippen MR) is 69.1 cm³/mol. The molecule has 2 aromatic carbocycles. The van der Waals surface area contributed by atoms with Crippen LogP contribution in [-0.2, 0) is 0 Å². The molecule has 0 heterocycles. The number of phenolic OH excluding ortho intramolecular Hbond substituents is 1. The van der Waals surface area contributed by atoms with Gasteiger partial charge in [0.2, 0.25) is 0 Å². The zero-order valence-corrected chi connectivity index (χ0v) is 10.3. The first-order valence-electron chi connectivity index (χ1n) is 5.62. The zero-order valence-electron chi connectivity index (χ0n) is 10.3. The third kappa shape index (κ3) is 3.11. The van der Waals surface area contributed by atoms with Crippen LogP contribution in [0.4, 0.5) is 20.2 Å². The molecule has 2 aromatic rings. The van der Waals surface area contributed by atoms with Gasteiger partial charge in [-0.05, 0) is 18.2 Å². The number of hydrogen-bond acceptors (Lipinski definition) is 4. The maximum Gasteiger partial charge on any atom is 0.270 e. The molecule has 0 unspecified atom stereocenters. The van der Waals surface area contributed by atoms with E-state index >= 15 is 0 Å². The van der Waals surface area contributed by atoms with Crippen LogP contribution in [0.1, 0.15) is 10.4 Å². The highest BCUT2D eigenvalue weighted by Gasteiger charge is 2.17. The van der Waals surface area contributed by atoms with Crippen molar-refractivity contribution < 1.29 is 23.6 Å². The minimum Gasteiger partial charge on any atom is -0.507 e. The van der Waals surface area contributed by atoms with Crippen LogP contribution in [0.25, 0.3) is 0 Å². The zero-order chi connectivity index (χ0) is 15.6. The number of carbonyl (C=O) groups is 1. The smallest absolute Gasteiger partial charge is 0.270 e. The highest BCUT2D eigenvalue weighted by Crippen LogP contribution is 2.24. The summed E-state index contributed by atoms with van der Waals surface area (Å²) in [6, 6.07) is 5.59. The minimum atomic E-state index is -1.16. The summed E-state index contributed by atoms with van der Waals surface area (Å²) in [7, 11) is 0. The number of anilines is 1. The van der Waals surface area contributed by atoms with Gasteiger partial charge in [-0.3, -0.25) is 14.9 Å². The number of halogens is 2. The van der Waals surface area contributed by atoms with Gasteiger partial charge < -0.3 is 10.4 Å². The molecule has 1 amide bonds. The van der Waals surface area contributed by atoms with Crippen molar-refractivity contribution in [2.75, 3.05) is 5.32 Å². The second kappa shape index (κ2) is 5.53. The van der Waals surface area contributed by atoms with Gasteiger partial charge in [-0.1, -0.05) is 0 Å². The number of benzene rings is 2. The normalized spacial score (nSPS) is 10.2. The Morgan fingerprint density at radius 3 is 2.48 bits per heavy atom. The highest BCUT2D eigenvalue weighted by molar-refractivity contribution is 6.06. The molecule has 8 heteroatoms. The van der Waals surface area contributed by atoms with Gasteiger partial charge in [-0.2, -0.15) is 0 Å². The van der Waals surface area contributed by atoms with Crippen LogP contribution in [0.2, 0.25) is 0 Å². The van der Waals surface area contributed by atoms with Crippen LogP contribution in [-0.4, -0.2) is 15.9 Å². The van der Waals surface area contributed by atoms with Crippen LogP contribution in [0.5, 0.6) is 5.75 Å². The van der Waals surface area contributed by atoms with Crippen LogP contribution in [0.15, 0.2) is 36.4 Å². The Balaban J connectivity index is 2.29. The van der Waals surface area contributed by atoms with Crippen LogP contribution in [0.3, 0.4) is 0 Å². The van der Waals surface area contributed by atoms with Crippen molar-refractivity contribution >= 4 is 17.3 Å². The monoisotopic (exact) mass is 294 g/mol. The van der Waals surface area contributed by atoms with Crippen molar-refractivity contribution in [1.82, 2.24) is 0 Å². The average molecular weight is 294 g/mol. The lowest BCUT2D eigenvalue weighted by molar-refractivity contribution is -0.384. The summed E-state index contributed by atoms with van der Waals surface area (Å²) in [5.41, 5.74) is -0.790. The topological polar surface area (TPSA) is 92.5 Å². The first-order valence-corrected chi connectivity index (χ1v) is 5.62. The van der Waals surface area contributed by atoms with E-state index in [0.29, 0.717) is 0 Å². The van der Waals surface area contributed by atoms with E-state index in [-0.39, 0.29) is 16.9 Å². The summed E-state index contributed by atoms with van der Waals surface area (Å²) in [5, 5.41) is 22.4. The summed E-state index contributed by atoms with van der Waals surface area (Å²) >= 11 is 0. The molecule has 0 aromatic heterocycles. The van der Waals surface area contributed by atoms with Gasteiger partial charge in [0.25, 0.3) is 11.6 Å². The predicted octanol–water partition coefficient (Wildman–Crippen LogP) is 2.83. The lowest BCUT2D eigenvalue weighted by atomic mass is 10.1. The van der Waals surface area contributed by atoms with Gasteiger partial charge >= 0.3 is 0 Å². The second-order valence-electron chi connectivity index (χ2n) is 4.04. The van der Waals surface area contributed by atoms with Crippen molar-refractivity contribution in [2.45, 2.75) is 0 Å². The molecule has 0 saturated carbocycles. The molecular formula is C13H8F2N2O4. The first kappa shape index (κ1) is 14.4. The molecule has 0 atom stereocenters. The number of phenols is 1. The average Bonchev–Trinajstić information content (AvgIpc) is 2.43. The molecule has 0 fully saturated rings. The Morgan fingerprint density at radius 1 is 1.14 bits per heavy atom. The van der Waals surface area contributed by atoms with Crippen LogP contribution < -0.4 is 5.32 Å². The first-order chi connectivity index (χ1) is 9.88. The third-order valence-corrected chi connectivity index (χ3v) is 2.61. The molecule has 0 aliphatic heterocycles. The molecule has 0 aliphatic carbocycles. The van der Waals surface area contributed by atoms with Crippen LogP contribution >= 0.6 is 0 Å². The number of hydrogen-bond donors (Lipinski definition) is 2. The Hall–Kier alpha value is -3.03. The van der Waals surface area contributed by atoms with E-state index in [2.05, 4.69) is 5.32 Å². The molecular weight excluding hydrogens is 286 g/mol. The fourth-order valence-electron chi connectivity index (χ4n) is 1.59. The molecule has 0 spiro atoms. The number of amides is 1. The Bertz CT molecular complexity index is 734. The Kier molecular flexibility index (Phi) is 3.79. The number of non-ortho nitro benzene ring substituents is 1. The van der Waals surface area contributed by atoms with Gasteiger partial charge in [0, 0.05) is 23.9 Å². The SMILES string of the molecule is O=C(Nc1ccc(F)c(F)c1)c1cc([N+](=O)[O-])ccc1O. The van der Waals surface area contributed by atoms with Gasteiger partial charge in [0.15, 0.2) is 11.6 Å². The van der Waals surface area contributed by atoms with E-state index in [1.807, 2.05) is 0 Å². The van der Waals surface area contributed by atoms with Gasteiger partial charge in [0.05, 0.1) is 10.5 Å². The standard InChI is InChI=1S/C13H8F2N2O4/c14-10-3-1-7(5-11(10)15)16-13(19)9-6-8(17(20)21)2-4-12(9)18/h1-6,18H,(H,16,19). The number of carbonyl (C=O) groups excluding carboxylic acids is 1. The molecule has 2 rings (SSSR count). The van der Waals surface area contributed by atoms with Crippen molar-refractivity contribution in [3.05, 3.63) is 63.7 Å². The highest BCUT2D eigenvalue weighted by atomic mass is 19.2. The van der Waals surface area contributed by atoms with Crippen molar-refractivity contribution in [2.24, 2.45) is 0 Å². The van der Waals surface area contributed by atoms with E-state index in [1.165, 1.54) is 0 Å². The maximum atomic E-state index is 13.0. The molecule has 2 N–H and O–H groups in total. The molecule has 0 radical (unpaired) electrons. The van der Waals surface area contributed by atoms with E-state index in [9.17, 15) is 28.8 Å². The summed E-state index contributed by atoms with van der Waals surface area (Å²) < 4.78 is 25.8. The Morgan fingerprint density at radius 2 is 1.86 bits per heavy atom. The lowest BCUT2D eigenvalue weighted by Gasteiger charge is -2.07. The molecule has 6 nitrogen and oxygen atoms in total. The van der Waals surface area contributed by atoms with E-state index in [0.717, 1.165) is 36.4 Å². The van der Waals surface area contributed by atoms with E-state index < -0.39 is 28.2 Å². The molecule has 0 bridgehead atoms. The number of nitrogens with one attached hydrogen (secondary N) is 1. The third-order valence-electron chi connectivity index (χ3n) is 2.61. The largest absolute Gasteiger partial charge is 0.507 e. The molecule has 0 aliphatic rings. The lowest BCUT2D eigenvalue weighted by Crippen LogP contribution is -2.12. The summed E-state index contributed by atoms with van der Waals surface area (Å²) in [6.07, 6.45) is 0. The van der Waals surface area contributed by atoms with Crippen molar-refractivity contribution in [3.63, 3.8) is 0 Å². The second-order valence-corrected chi connectivity index (χ2v) is 4.04. The summed E-state index contributed by atoms with van der Waals surface area (Å²) in [6.45, 7) is 0. The van der Waals surface area contributed by atoms with Crippen LogP contribution in [0, 0.1) is 21.7 Å². The summed E-state index contributed by atoms with van der Waals surface area (Å²) in [4.78, 5) is 21.8. The maximum absolute atomic E-state index is 13.0. The quantitative estimate of drug-likeness (QED) is 0.672. The van der Waals surface area contributed by atoms with E-state index in [4.69, 9.17) is 0 Å². The van der Waals surface area contributed by atoms with Gasteiger partial charge in [-0.15, -0.1) is 0 Å². The molecule has 21 heavy (non-hydrogen) atoms. The van der Waals surface area contributed by atoms with Crippen molar-refractivity contribution in [1.29, 1.82) is 0 Å². The van der Waals surface area contributed by atoms with Gasteiger partial charge in [0.1, 0.15) is 5.75 Å². The summed E-state index contributed by atoms with van der Waals surface area (Å²) in [5.74, 6) is -3.59. The van der Waals surface area contributed by atoms with Gasteiger partial charge in [-0.25, -0.2) is 8.78 Å². The number of aromatic hydroxyl groups is 1. The number of nitrogens with zero attached hydrogens (tertiary/aromatic N) is 1. The number of rotatable bonds is 3. The number of nitro groups is 1. The number of nitro benzene ring substituents is 1. The molecule has 108 valence electrons. The minimum absolute atomic E-state index is 0.0511. The molecule has 0 saturated heterocycles. The van der Waals surface area contributed by atoms with E-state index in [1.54, 1.807) is 0 Å². The fraction of sp³-hybridized carbons (Fsp3) is 0. The Labute approximate surface area is 116 Å². The van der Waals surface area contributed by atoms with Crippen molar-refractivity contribution in [3.8, 4) is 5.75 Å². The fourth-order valence-corrected chi connectivity index (χ4v) is 1.59.